The molecule has 28 heavy (non-hydrogen) atoms. The van der Waals surface area contributed by atoms with Crippen molar-refractivity contribution in [2.45, 2.75) is 33.4 Å². The third-order valence-corrected chi connectivity index (χ3v) is 4.13. The molecule has 1 N–H and O–H groups in total. The number of nitrogens with zero attached hydrogens (tertiary/aromatic N) is 1. The highest BCUT2D eigenvalue weighted by Gasteiger charge is 2.17. The van der Waals surface area contributed by atoms with Gasteiger partial charge in [0.05, 0.1) is 6.10 Å². The fourth-order valence-corrected chi connectivity index (χ4v) is 2.81. The van der Waals surface area contributed by atoms with E-state index < -0.39 is 0 Å². The molecule has 2 aromatic rings. The van der Waals surface area contributed by atoms with Gasteiger partial charge in [0.1, 0.15) is 12.3 Å². The van der Waals surface area contributed by atoms with Crippen LogP contribution in [0, 0.1) is 0 Å². The lowest BCUT2D eigenvalue weighted by Gasteiger charge is -2.21. The molecule has 1 heterocycles. The van der Waals surface area contributed by atoms with Crippen LogP contribution in [0.3, 0.4) is 0 Å². The van der Waals surface area contributed by atoms with Crippen molar-refractivity contribution in [3.8, 4) is 17.2 Å². The molecule has 148 valence electrons. The van der Waals surface area contributed by atoms with Crippen LogP contribution >= 0.6 is 0 Å². The molecule has 0 radical (unpaired) electrons. The van der Waals surface area contributed by atoms with E-state index in [0.717, 1.165) is 11.3 Å². The molecule has 2 amide bonds. The second-order valence-electron chi connectivity index (χ2n) is 6.73. The van der Waals surface area contributed by atoms with Gasteiger partial charge in [-0.15, -0.1) is 0 Å². The summed E-state index contributed by atoms with van der Waals surface area (Å²) in [5.74, 6) is 1.61. The standard InChI is InChI=1S/C21H24N2O5/c1-14(2)28-18-7-5-17(6-8-18)23(15(3)24)12-21(25)22-11-16-4-9-19-20(10-16)27-13-26-19/h4-10,14H,11-13H2,1-3H3,(H,22,25). The Morgan fingerprint density at radius 2 is 1.82 bits per heavy atom. The topological polar surface area (TPSA) is 77.1 Å². The van der Waals surface area contributed by atoms with Gasteiger partial charge in [0.15, 0.2) is 11.5 Å². The molecule has 7 nitrogen and oxygen atoms in total. The van der Waals surface area contributed by atoms with Crippen LogP contribution in [-0.4, -0.2) is 31.3 Å². The maximum absolute atomic E-state index is 12.4. The van der Waals surface area contributed by atoms with E-state index in [2.05, 4.69) is 5.32 Å². The zero-order valence-electron chi connectivity index (χ0n) is 16.2. The maximum Gasteiger partial charge on any atom is 0.240 e. The molecule has 0 spiro atoms. The molecular weight excluding hydrogens is 360 g/mol. The number of carbonyl (C=O) groups excluding carboxylic acids is 2. The Morgan fingerprint density at radius 1 is 1.11 bits per heavy atom. The summed E-state index contributed by atoms with van der Waals surface area (Å²) in [5.41, 5.74) is 1.53. The number of hydrogen-bond donors (Lipinski definition) is 1. The summed E-state index contributed by atoms with van der Waals surface area (Å²) in [6.07, 6.45) is 0.0664. The quantitative estimate of drug-likeness (QED) is 0.794. The number of carbonyl (C=O) groups is 2. The minimum absolute atomic E-state index is 0.0652. The van der Waals surface area contributed by atoms with Crippen molar-refractivity contribution in [1.29, 1.82) is 0 Å². The number of ether oxygens (including phenoxy) is 3. The fourth-order valence-electron chi connectivity index (χ4n) is 2.81. The Kier molecular flexibility index (Phi) is 6.03. The summed E-state index contributed by atoms with van der Waals surface area (Å²) in [5, 5.41) is 2.83. The highest BCUT2D eigenvalue weighted by atomic mass is 16.7. The van der Waals surface area contributed by atoms with Gasteiger partial charge in [-0.2, -0.15) is 0 Å². The van der Waals surface area contributed by atoms with Gasteiger partial charge in [0.2, 0.25) is 18.6 Å². The van der Waals surface area contributed by atoms with Crippen molar-refractivity contribution in [2.24, 2.45) is 0 Å². The number of amides is 2. The third kappa shape index (κ3) is 4.94. The summed E-state index contributed by atoms with van der Waals surface area (Å²) in [4.78, 5) is 25.8. The molecule has 0 unspecified atom stereocenters. The van der Waals surface area contributed by atoms with Crippen LogP contribution in [0.1, 0.15) is 26.3 Å². The Balaban J connectivity index is 1.59. The van der Waals surface area contributed by atoms with Gasteiger partial charge < -0.3 is 24.4 Å². The average Bonchev–Trinajstić information content (AvgIpc) is 3.12. The minimum atomic E-state index is -0.254. The molecule has 0 aliphatic carbocycles. The average molecular weight is 384 g/mol. The molecule has 0 aromatic heterocycles. The van der Waals surface area contributed by atoms with E-state index in [9.17, 15) is 9.59 Å². The summed E-state index contributed by atoms with van der Waals surface area (Å²) in [7, 11) is 0. The van der Waals surface area contributed by atoms with E-state index >= 15 is 0 Å². The fraction of sp³-hybridized carbons (Fsp3) is 0.333. The van der Waals surface area contributed by atoms with E-state index in [1.807, 2.05) is 32.0 Å². The lowest BCUT2D eigenvalue weighted by Crippen LogP contribution is -2.39. The second kappa shape index (κ2) is 8.65. The van der Waals surface area contributed by atoms with Crippen molar-refractivity contribution in [1.82, 2.24) is 5.32 Å². The largest absolute Gasteiger partial charge is 0.491 e. The van der Waals surface area contributed by atoms with Crippen LogP contribution in [0.5, 0.6) is 17.2 Å². The van der Waals surface area contributed by atoms with E-state index in [-0.39, 0.29) is 31.3 Å². The molecule has 2 aromatic carbocycles. The van der Waals surface area contributed by atoms with Gasteiger partial charge in [-0.25, -0.2) is 0 Å². The van der Waals surface area contributed by atoms with Crippen LogP contribution in [-0.2, 0) is 16.1 Å². The molecule has 0 saturated heterocycles. The maximum atomic E-state index is 12.4. The predicted octanol–water partition coefficient (Wildman–Crippen LogP) is 2.87. The van der Waals surface area contributed by atoms with Crippen molar-refractivity contribution in [3.05, 3.63) is 48.0 Å². The second-order valence-corrected chi connectivity index (χ2v) is 6.73. The van der Waals surface area contributed by atoms with Gasteiger partial charge in [-0.1, -0.05) is 6.07 Å². The van der Waals surface area contributed by atoms with Gasteiger partial charge in [-0.05, 0) is 55.8 Å². The highest BCUT2D eigenvalue weighted by molar-refractivity contribution is 5.97. The molecular formula is C21H24N2O5. The SMILES string of the molecule is CC(=O)N(CC(=O)NCc1ccc2c(c1)OCO2)c1ccc(OC(C)C)cc1. The summed E-state index contributed by atoms with van der Waals surface area (Å²) in [6, 6.07) is 12.6. The first-order valence-corrected chi connectivity index (χ1v) is 9.12. The Morgan fingerprint density at radius 3 is 2.50 bits per heavy atom. The van der Waals surface area contributed by atoms with Crippen LogP contribution < -0.4 is 24.4 Å². The first kappa shape index (κ1) is 19.5. The number of anilines is 1. The molecule has 7 heteroatoms. The van der Waals surface area contributed by atoms with Crippen molar-refractivity contribution >= 4 is 17.5 Å². The third-order valence-electron chi connectivity index (χ3n) is 4.13. The van der Waals surface area contributed by atoms with Crippen molar-refractivity contribution in [2.75, 3.05) is 18.2 Å². The zero-order valence-corrected chi connectivity index (χ0v) is 16.2. The van der Waals surface area contributed by atoms with Gasteiger partial charge in [-0.3, -0.25) is 9.59 Å². The van der Waals surface area contributed by atoms with Crippen LogP contribution in [0.4, 0.5) is 5.69 Å². The van der Waals surface area contributed by atoms with Crippen LogP contribution in [0.25, 0.3) is 0 Å². The molecule has 1 aliphatic heterocycles. The van der Waals surface area contributed by atoms with Gasteiger partial charge in [0.25, 0.3) is 0 Å². The van der Waals surface area contributed by atoms with E-state index in [0.29, 0.717) is 23.7 Å². The van der Waals surface area contributed by atoms with Crippen molar-refractivity contribution < 1.29 is 23.8 Å². The highest BCUT2D eigenvalue weighted by Crippen LogP contribution is 2.32. The normalized spacial score (nSPS) is 12.0. The number of nitrogens with one attached hydrogen (secondary N) is 1. The summed E-state index contributed by atoms with van der Waals surface area (Å²) < 4.78 is 16.2. The number of benzene rings is 2. The van der Waals surface area contributed by atoms with Crippen molar-refractivity contribution in [3.63, 3.8) is 0 Å². The molecule has 0 fully saturated rings. The first-order valence-electron chi connectivity index (χ1n) is 9.12. The number of hydrogen-bond acceptors (Lipinski definition) is 5. The Bertz CT molecular complexity index is 848. The zero-order chi connectivity index (χ0) is 20.1. The first-order chi connectivity index (χ1) is 13.4. The van der Waals surface area contributed by atoms with Gasteiger partial charge >= 0.3 is 0 Å². The lowest BCUT2D eigenvalue weighted by molar-refractivity contribution is -0.123. The van der Waals surface area contributed by atoms with Gasteiger partial charge in [0, 0.05) is 19.2 Å². The summed E-state index contributed by atoms with van der Waals surface area (Å²) >= 11 is 0. The van der Waals surface area contributed by atoms with Crippen LogP contribution in [0.2, 0.25) is 0 Å². The molecule has 3 rings (SSSR count). The van der Waals surface area contributed by atoms with E-state index in [1.54, 1.807) is 24.3 Å². The lowest BCUT2D eigenvalue weighted by atomic mass is 10.2. The predicted molar refractivity (Wildman–Crippen MR) is 105 cm³/mol. The number of rotatable bonds is 7. The molecule has 0 saturated carbocycles. The minimum Gasteiger partial charge on any atom is -0.491 e. The Hall–Kier alpha value is -3.22. The summed E-state index contributed by atoms with van der Waals surface area (Å²) in [6.45, 7) is 5.80. The monoisotopic (exact) mass is 384 g/mol. The molecule has 1 aliphatic rings. The smallest absolute Gasteiger partial charge is 0.240 e. The Labute approximate surface area is 164 Å². The molecule has 0 bridgehead atoms. The van der Waals surface area contributed by atoms with Crippen LogP contribution in [0.15, 0.2) is 42.5 Å². The van der Waals surface area contributed by atoms with E-state index in [1.165, 1.54) is 11.8 Å². The number of fused-ring (bicyclic) bond motifs is 1. The van der Waals surface area contributed by atoms with E-state index in [4.69, 9.17) is 14.2 Å². The molecule has 0 atom stereocenters.